The van der Waals surface area contributed by atoms with Gasteiger partial charge in [-0.1, -0.05) is 19.9 Å². The monoisotopic (exact) mass is 322 g/mol. The van der Waals surface area contributed by atoms with E-state index in [1.54, 1.807) is 0 Å². The Morgan fingerprint density at radius 3 is 2.74 bits per heavy atom. The van der Waals surface area contributed by atoms with Crippen molar-refractivity contribution >= 4 is 5.97 Å². The predicted molar refractivity (Wildman–Crippen MR) is 82.7 cm³/mol. The molecule has 1 spiro atoms. The van der Waals surface area contributed by atoms with Crippen molar-refractivity contribution in [3.63, 3.8) is 0 Å². The topological polar surface area (TPSA) is 68.3 Å². The number of fused-ring (bicyclic) bond motifs is 2. The van der Waals surface area contributed by atoms with Gasteiger partial charge in [-0.15, -0.1) is 0 Å². The minimum atomic E-state index is -0.344. The third-order valence-electron chi connectivity index (χ3n) is 7.27. The molecule has 0 aromatic rings. The number of carbonyl (C=O) groups excluding carboxylic acids is 1. The number of aliphatic hydroxyl groups excluding tert-OH is 1. The lowest BCUT2D eigenvalue weighted by Crippen LogP contribution is -2.64. The van der Waals surface area contributed by atoms with Gasteiger partial charge in [-0.05, 0) is 25.3 Å². The van der Waals surface area contributed by atoms with Crippen molar-refractivity contribution in [3.05, 3.63) is 11.6 Å². The van der Waals surface area contributed by atoms with Crippen molar-refractivity contribution in [3.8, 4) is 0 Å². The zero-order valence-electron chi connectivity index (χ0n) is 14.3. The smallest absolute Gasteiger partial charge is 0.302 e. The first-order chi connectivity index (χ1) is 10.8. The average Bonchev–Trinajstić information content (AvgIpc) is 3.13. The lowest BCUT2D eigenvalue weighted by molar-refractivity contribution is -0.210. The number of hydrogen-bond donors (Lipinski definition) is 1. The highest BCUT2D eigenvalue weighted by Crippen LogP contribution is 2.73. The van der Waals surface area contributed by atoms with E-state index in [2.05, 4.69) is 26.8 Å². The van der Waals surface area contributed by atoms with Gasteiger partial charge < -0.3 is 19.3 Å². The third-order valence-corrected chi connectivity index (χ3v) is 7.27. The molecule has 5 heteroatoms. The van der Waals surface area contributed by atoms with Crippen LogP contribution in [-0.2, 0) is 19.0 Å². The largest absolute Gasteiger partial charge is 0.462 e. The number of hydrogen-bond acceptors (Lipinski definition) is 5. The standard InChI is InChI=1S/C18H26O5/c1-10-18(23-10)15-8-14(21-11(2)20)17(18,4)16(3)6-5-12(9-19)7-13(16)22-15/h7,10,13-15,19H,5-6,8-9H2,1-4H3/t10-,13-,14-,15-,16+,17-,18+/m1/s1. The van der Waals surface area contributed by atoms with E-state index < -0.39 is 0 Å². The van der Waals surface area contributed by atoms with Crippen LogP contribution in [0, 0.1) is 10.8 Å². The summed E-state index contributed by atoms with van der Waals surface area (Å²) in [5.41, 5.74) is 0.239. The van der Waals surface area contributed by atoms with Gasteiger partial charge in [-0.3, -0.25) is 4.79 Å². The molecule has 0 unspecified atom stereocenters. The summed E-state index contributed by atoms with van der Waals surface area (Å²) in [7, 11) is 0. The maximum absolute atomic E-state index is 11.7. The average molecular weight is 322 g/mol. The van der Waals surface area contributed by atoms with Gasteiger partial charge in [0.1, 0.15) is 11.7 Å². The minimum absolute atomic E-state index is 0.0563. The lowest BCUT2D eigenvalue weighted by atomic mass is 9.51. The van der Waals surface area contributed by atoms with E-state index in [4.69, 9.17) is 14.2 Å². The van der Waals surface area contributed by atoms with Crippen molar-refractivity contribution in [2.45, 2.75) is 77.0 Å². The maximum atomic E-state index is 11.7. The Morgan fingerprint density at radius 1 is 1.48 bits per heavy atom. The summed E-state index contributed by atoms with van der Waals surface area (Å²) < 4.78 is 18.3. The van der Waals surface area contributed by atoms with Gasteiger partial charge in [-0.25, -0.2) is 0 Å². The summed E-state index contributed by atoms with van der Waals surface area (Å²) in [6, 6.07) is 0. The Labute approximate surface area is 137 Å². The Balaban J connectivity index is 1.81. The summed E-state index contributed by atoms with van der Waals surface area (Å²) in [6.45, 7) is 8.10. The minimum Gasteiger partial charge on any atom is -0.462 e. The number of ether oxygens (including phenoxy) is 3. The SMILES string of the molecule is CC(=O)O[C@@H]1C[C@H]2O[C@@H]3C=C(CO)CC[C@]3(C)[C@]1(C)[C@@]21O[C@@H]1C. The van der Waals surface area contributed by atoms with E-state index in [9.17, 15) is 9.90 Å². The van der Waals surface area contributed by atoms with E-state index in [0.29, 0.717) is 6.42 Å². The molecule has 0 amide bonds. The normalized spacial score (nSPS) is 53.7. The van der Waals surface area contributed by atoms with Crippen LogP contribution in [0.15, 0.2) is 11.6 Å². The lowest BCUT2D eigenvalue weighted by Gasteiger charge is -2.57. The highest BCUT2D eigenvalue weighted by molar-refractivity contribution is 5.66. The van der Waals surface area contributed by atoms with Crippen molar-refractivity contribution in [1.82, 2.24) is 0 Å². The van der Waals surface area contributed by atoms with Gasteiger partial charge >= 0.3 is 5.97 Å². The molecule has 0 aromatic carbocycles. The fourth-order valence-electron chi connectivity index (χ4n) is 5.77. The van der Waals surface area contributed by atoms with Crippen molar-refractivity contribution in [2.24, 2.45) is 10.8 Å². The van der Waals surface area contributed by atoms with Crippen molar-refractivity contribution in [1.29, 1.82) is 0 Å². The second kappa shape index (κ2) is 4.58. The molecule has 7 atom stereocenters. The molecule has 4 rings (SSSR count). The molecule has 2 aliphatic carbocycles. The first-order valence-corrected chi connectivity index (χ1v) is 8.60. The van der Waals surface area contributed by atoms with Crippen LogP contribution >= 0.6 is 0 Å². The Hall–Kier alpha value is -0.910. The fourth-order valence-corrected chi connectivity index (χ4v) is 5.77. The van der Waals surface area contributed by atoms with Gasteiger partial charge in [0, 0.05) is 24.2 Å². The summed E-state index contributed by atoms with van der Waals surface area (Å²) in [5, 5.41) is 9.49. The molecule has 2 saturated heterocycles. The molecular formula is C18H26O5. The van der Waals surface area contributed by atoms with E-state index in [1.807, 2.05) is 0 Å². The molecular weight excluding hydrogens is 296 g/mol. The first kappa shape index (κ1) is 15.6. The number of carbonyl (C=O) groups is 1. The maximum Gasteiger partial charge on any atom is 0.302 e. The van der Waals surface area contributed by atoms with Gasteiger partial charge in [-0.2, -0.15) is 0 Å². The number of aliphatic hydroxyl groups is 1. The highest BCUT2D eigenvalue weighted by Gasteiger charge is 2.84. The third kappa shape index (κ3) is 1.66. The Kier molecular flexibility index (Phi) is 3.11. The number of esters is 1. The number of rotatable bonds is 2. The van der Waals surface area contributed by atoms with Crippen molar-refractivity contribution < 1.29 is 24.1 Å². The van der Waals surface area contributed by atoms with Crippen LogP contribution in [-0.4, -0.2) is 47.7 Å². The predicted octanol–water partition coefficient (Wildman–Crippen LogP) is 1.97. The first-order valence-electron chi connectivity index (χ1n) is 8.60. The van der Waals surface area contributed by atoms with Crippen LogP contribution in [0.5, 0.6) is 0 Å². The second-order valence-corrected chi connectivity index (χ2v) is 8.04. The van der Waals surface area contributed by atoms with E-state index in [1.165, 1.54) is 6.92 Å². The molecule has 0 aromatic heterocycles. The van der Waals surface area contributed by atoms with Crippen LogP contribution in [0.4, 0.5) is 0 Å². The van der Waals surface area contributed by atoms with Crippen LogP contribution < -0.4 is 0 Å². The summed E-state index contributed by atoms with van der Waals surface area (Å²) in [4.78, 5) is 11.7. The molecule has 128 valence electrons. The summed E-state index contributed by atoms with van der Waals surface area (Å²) in [5.74, 6) is -0.241. The van der Waals surface area contributed by atoms with Gasteiger partial charge in [0.25, 0.3) is 0 Å². The molecule has 2 aliphatic heterocycles. The van der Waals surface area contributed by atoms with Crippen LogP contribution in [0.25, 0.3) is 0 Å². The molecule has 0 radical (unpaired) electrons. The Morgan fingerprint density at radius 2 is 2.17 bits per heavy atom. The van der Waals surface area contributed by atoms with E-state index in [0.717, 1.165) is 18.4 Å². The molecule has 3 fully saturated rings. The molecule has 2 bridgehead atoms. The summed E-state index contributed by atoms with van der Waals surface area (Å²) in [6.07, 6.45) is 4.36. The fraction of sp³-hybridized carbons (Fsp3) is 0.833. The molecule has 1 N–H and O–H groups in total. The van der Waals surface area contributed by atoms with E-state index >= 15 is 0 Å². The summed E-state index contributed by atoms with van der Waals surface area (Å²) >= 11 is 0. The molecule has 23 heavy (non-hydrogen) atoms. The molecule has 1 saturated carbocycles. The molecule has 4 aliphatic rings. The Bertz CT molecular complexity index is 586. The quantitative estimate of drug-likeness (QED) is 0.478. The zero-order valence-corrected chi connectivity index (χ0v) is 14.3. The van der Waals surface area contributed by atoms with Crippen LogP contribution in [0.2, 0.25) is 0 Å². The van der Waals surface area contributed by atoms with Crippen molar-refractivity contribution in [2.75, 3.05) is 6.61 Å². The second-order valence-electron chi connectivity index (χ2n) is 8.04. The zero-order chi connectivity index (χ0) is 16.6. The molecule has 5 nitrogen and oxygen atoms in total. The van der Waals surface area contributed by atoms with Crippen LogP contribution in [0.1, 0.15) is 47.0 Å². The molecule has 2 heterocycles. The number of epoxide rings is 1. The van der Waals surface area contributed by atoms with Gasteiger partial charge in [0.15, 0.2) is 0 Å². The highest BCUT2D eigenvalue weighted by atomic mass is 16.7. The van der Waals surface area contributed by atoms with Gasteiger partial charge in [0.2, 0.25) is 0 Å². The van der Waals surface area contributed by atoms with Gasteiger partial charge in [0.05, 0.1) is 24.9 Å². The van der Waals surface area contributed by atoms with E-state index in [-0.39, 0.29) is 53.4 Å². The van der Waals surface area contributed by atoms with Crippen LogP contribution in [0.3, 0.4) is 0 Å².